The van der Waals surface area contributed by atoms with Crippen molar-refractivity contribution in [2.75, 3.05) is 0 Å². The molecule has 0 bridgehead atoms. The lowest BCUT2D eigenvalue weighted by molar-refractivity contribution is -0.139. The molecule has 1 aromatic carbocycles. The van der Waals surface area contributed by atoms with Crippen LogP contribution in [0.5, 0.6) is 0 Å². The van der Waals surface area contributed by atoms with Crippen LogP contribution in [0.15, 0.2) is 35.2 Å². The predicted octanol–water partition coefficient (Wildman–Crippen LogP) is 1.45. The van der Waals surface area contributed by atoms with Crippen molar-refractivity contribution < 1.29 is 28.2 Å². The summed E-state index contributed by atoms with van der Waals surface area (Å²) in [7, 11) is -3.89. The minimum Gasteiger partial charge on any atom is -0.481 e. The lowest BCUT2D eigenvalue weighted by Crippen LogP contribution is -2.40. The summed E-state index contributed by atoms with van der Waals surface area (Å²) in [5.74, 6) is -2.16. The van der Waals surface area contributed by atoms with E-state index in [4.69, 9.17) is 10.2 Å². The molecule has 3 N–H and O–H groups in total. The molecule has 0 saturated carbocycles. The molecule has 0 saturated heterocycles. The summed E-state index contributed by atoms with van der Waals surface area (Å²) >= 11 is 0. The fraction of sp³-hybridized carbons (Fsp3) is 0.429. The molecular formula is C14H19NO6S. The van der Waals surface area contributed by atoms with E-state index in [1.165, 1.54) is 12.1 Å². The molecule has 22 heavy (non-hydrogen) atoms. The third-order valence-electron chi connectivity index (χ3n) is 3.03. The van der Waals surface area contributed by atoms with Gasteiger partial charge in [0.05, 0.1) is 4.90 Å². The van der Waals surface area contributed by atoms with Crippen LogP contribution in [-0.2, 0) is 19.6 Å². The van der Waals surface area contributed by atoms with Crippen molar-refractivity contribution in [2.45, 2.75) is 43.0 Å². The molecule has 0 spiro atoms. The summed E-state index contributed by atoms with van der Waals surface area (Å²) in [5, 5.41) is 17.6. The highest BCUT2D eigenvalue weighted by Crippen LogP contribution is 2.12. The van der Waals surface area contributed by atoms with Crippen molar-refractivity contribution in [3.05, 3.63) is 30.3 Å². The lowest BCUT2D eigenvalue weighted by atomic mass is 10.1. The number of hydrogen-bond acceptors (Lipinski definition) is 4. The predicted molar refractivity (Wildman–Crippen MR) is 78.9 cm³/mol. The Morgan fingerprint density at radius 1 is 1.05 bits per heavy atom. The lowest BCUT2D eigenvalue weighted by Gasteiger charge is -2.14. The summed E-state index contributed by atoms with van der Waals surface area (Å²) in [6.45, 7) is 0. The van der Waals surface area contributed by atoms with E-state index < -0.39 is 28.0 Å². The van der Waals surface area contributed by atoms with Gasteiger partial charge in [-0.05, 0) is 25.0 Å². The number of sulfonamides is 1. The van der Waals surface area contributed by atoms with Crippen molar-refractivity contribution >= 4 is 22.0 Å². The number of benzene rings is 1. The average Bonchev–Trinajstić information content (AvgIpc) is 2.46. The Kier molecular flexibility index (Phi) is 7.00. The second-order valence-electron chi connectivity index (χ2n) is 4.82. The van der Waals surface area contributed by atoms with Gasteiger partial charge in [0.15, 0.2) is 0 Å². The fourth-order valence-electron chi connectivity index (χ4n) is 1.89. The summed E-state index contributed by atoms with van der Waals surface area (Å²) in [4.78, 5) is 21.5. The highest BCUT2D eigenvalue weighted by atomic mass is 32.2. The Bertz CT molecular complexity index is 599. The third kappa shape index (κ3) is 6.23. The topological polar surface area (TPSA) is 121 Å². The van der Waals surface area contributed by atoms with Gasteiger partial charge >= 0.3 is 11.9 Å². The standard InChI is InChI=1S/C14H19NO6S/c16-13(17)10-6-2-5-9-12(14(18)19)15-22(20,21)11-7-3-1-4-8-11/h1,3-4,7-8,12,15H,2,5-6,9-10H2,(H,16,17)(H,18,19)/t12-/m0/s1. The van der Waals surface area contributed by atoms with Crippen LogP contribution in [0, 0.1) is 0 Å². The molecule has 7 nitrogen and oxygen atoms in total. The van der Waals surface area contributed by atoms with E-state index in [9.17, 15) is 18.0 Å². The Morgan fingerprint density at radius 3 is 2.23 bits per heavy atom. The number of aliphatic carboxylic acids is 2. The largest absolute Gasteiger partial charge is 0.481 e. The second-order valence-corrected chi connectivity index (χ2v) is 6.53. The van der Waals surface area contributed by atoms with Crippen LogP contribution in [0.25, 0.3) is 0 Å². The van der Waals surface area contributed by atoms with E-state index in [-0.39, 0.29) is 17.7 Å². The van der Waals surface area contributed by atoms with Gasteiger partial charge in [-0.25, -0.2) is 8.42 Å². The Hall–Kier alpha value is -1.93. The van der Waals surface area contributed by atoms with Crippen LogP contribution in [0.3, 0.4) is 0 Å². The van der Waals surface area contributed by atoms with Crippen molar-refractivity contribution in [2.24, 2.45) is 0 Å². The van der Waals surface area contributed by atoms with Gasteiger partial charge in [-0.2, -0.15) is 4.72 Å². The summed E-state index contributed by atoms with van der Waals surface area (Å²) in [6, 6.07) is 6.31. The number of carboxylic acids is 2. The zero-order chi connectivity index (χ0) is 16.6. The second kappa shape index (κ2) is 8.50. The van der Waals surface area contributed by atoms with E-state index in [1.807, 2.05) is 0 Å². The Morgan fingerprint density at radius 2 is 1.68 bits per heavy atom. The fourth-order valence-corrected chi connectivity index (χ4v) is 3.13. The molecule has 0 fully saturated rings. The number of nitrogens with one attached hydrogen (secondary N) is 1. The maximum atomic E-state index is 12.1. The van der Waals surface area contributed by atoms with Crippen LogP contribution in [0.4, 0.5) is 0 Å². The summed E-state index contributed by atoms with van der Waals surface area (Å²) in [6.07, 6.45) is 1.53. The maximum Gasteiger partial charge on any atom is 0.321 e. The van der Waals surface area contributed by atoms with Gasteiger partial charge in [-0.15, -0.1) is 0 Å². The molecule has 1 aromatic rings. The quantitative estimate of drug-likeness (QED) is 0.559. The molecule has 1 atom stereocenters. The molecule has 0 aliphatic heterocycles. The average molecular weight is 329 g/mol. The van der Waals surface area contributed by atoms with E-state index in [0.717, 1.165) is 0 Å². The first kappa shape index (κ1) is 18.1. The van der Waals surface area contributed by atoms with Crippen molar-refractivity contribution in [1.29, 1.82) is 0 Å². The van der Waals surface area contributed by atoms with Crippen LogP contribution in [0.1, 0.15) is 32.1 Å². The molecule has 0 amide bonds. The SMILES string of the molecule is O=C(O)CCCCC[C@H](NS(=O)(=O)c1ccccc1)C(=O)O. The van der Waals surface area contributed by atoms with Gasteiger partial charge in [-0.3, -0.25) is 9.59 Å². The molecule has 0 radical (unpaired) electrons. The maximum absolute atomic E-state index is 12.1. The highest BCUT2D eigenvalue weighted by Gasteiger charge is 2.24. The zero-order valence-electron chi connectivity index (χ0n) is 11.9. The van der Waals surface area contributed by atoms with Gasteiger partial charge in [0.25, 0.3) is 0 Å². The van der Waals surface area contributed by atoms with Gasteiger partial charge < -0.3 is 10.2 Å². The third-order valence-corrected chi connectivity index (χ3v) is 4.52. The molecule has 0 aliphatic carbocycles. The number of rotatable bonds is 10. The summed E-state index contributed by atoms with van der Waals surface area (Å²) < 4.78 is 26.3. The van der Waals surface area contributed by atoms with E-state index in [0.29, 0.717) is 19.3 Å². The molecular weight excluding hydrogens is 310 g/mol. The van der Waals surface area contributed by atoms with Gasteiger partial charge in [0.2, 0.25) is 10.0 Å². The first-order valence-corrected chi connectivity index (χ1v) is 8.33. The van der Waals surface area contributed by atoms with Crippen LogP contribution < -0.4 is 4.72 Å². The minimum absolute atomic E-state index is 0.00660. The molecule has 1 rings (SSSR count). The van der Waals surface area contributed by atoms with E-state index >= 15 is 0 Å². The monoisotopic (exact) mass is 329 g/mol. The Labute approximate surface area is 129 Å². The minimum atomic E-state index is -3.89. The van der Waals surface area contributed by atoms with E-state index in [2.05, 4.69) is 4.72 Å². The normalized spacial score (nSPS) is 12.7. The molecule has 0 aliphatic rings. The number of carbonyl (C=O) groups is 2. The summed E-state index contributed by atoms with van der Waals surface area (Å²) in [5.41, 5.74) is 0. The molecule has 0 unspecified atom stereocenters. The van der Waals surface area contributed by atoms with Crippen molar-refractivity contribution in [3.63, 3.8) is 0 Å². The molecule has 0 heterocycles. The van der Waals surface area contributed by atoms with Crippen molar-refractivity contribution in [1.82, 2.24) is 4.72 Å². The van der Waals surface area contributed by atoms with Crippen LogP contribution in [0.2, 0.25) is 0 Å². The first-order valence-electron chi connectivity index (χ1n) is 6.85. The molecule has 8 heteroatoms. The smallest absolute Gasteiger partial charge is 0.321 e. The Balaban J connectivity index is 2.57. The number of unbranched alkanes of at least 4 members (excludes halogenated alkanes) is 2. The number of hydrogen-bond donors (Lipinski definition) is 3. The van der Waals surface area contributed by atoms with Crippen molar-refractivity contribution in [3.8, 4) is 0 Å². The van der Waals surface area contributed by atoms with E-state index in [1.54, 1.807) is 18.2 Å². The van der Waals surface area contributed by atoms with Gasteiger partial charge in [0.1, 0.15) is 6.04 Å². The van der Waals surface area contributed by atoms with Gasteiger partial charge in [-0.1, -0.05) is 31.0 Å². The molecule has 122 valence electrons. The number of carboxylic acid groups (broad SMARTS) is 2. The zero-order valence-corrected chi connectivity index (χ0v) is 12.8. The van der Waals surface area contributed by atoms with Crippen LogP contribution >= 0.6 is 0 Å². The first-order chi connectivity index (χ1) is 10.3. The van der Waals surface area contributed by atoms with Crippen LogP contribution in [-0.4, -0.2) is 36.6 Å². The highest BCUT2D eigenvalue weighted by molar-refractivity contribution is 7.89. The molecule has 0 aromatic heterocycles. The van der Waals surface area contributed by atoms with Gasteiger partial charge in [0, 0.05) is 6.42 Å².